The van der Waals surface area contributed by atoms with E-state index in [9.17, 15) is 9.90 Å². The molecule has 1 amide bonds. The number of carbonyl (C=O) groups is 1. The fraction of sp³-hybridized carbons (Fsp3) is 0. The summed E-state index contributed by atoms with van der Waals surface area (Å²) < 4.78 is 5.56. The molecule has 0 aliphatic carbocycles. The molecule has 5 nitrogen and oxygen atoms in total. The maximum atomic E-state index is 12.3. The van der Waals surface area contributed by atoms with Gasteiger partial charge in [0.25, 0.3) is 5.91 Å². The summed E-state index contributed by atoms with van der Waals surface area (Å²) in [6.45, 7) is 0. The second-order valence-electron chi connectivity index (χ2n) is 5.37. The molecular weight excluding hydrogens is 431 g/mol. The molecule has 1 heterocycles. The first kappa shape index (κ1) is 19.5. The molecule has 0 radical (unpaired) electrons. The van der Waals surface area contributed by atoms with E-state index in [2.05, 4.69) is 10.6 Å². The molecule has 0 saturated carbocycles. The Morgan fingerprint density at radius 3 is 2.26 bits per heavy atom. The summed E-state index contributed by atoms with van der Waals surface area (Å²) >= 11 is 22.7. The van der Waals surface area contributed by atoms with Crippen molar-refractivity contribution in [2.24, 2.45) is 0 Å². The van der Waals surface area contributed by atoms with Gasteiger partial charge in [0.05, 0.1) is 10.0 Å². The van der Waals surface area contributed by atoms with Crippen molar-refractivity contribution in [3.8, 4) is 17.1 Å². The molecule has 0 atom stereocenters. The number of nitrogens with one attached hydrogen (secondary N) is 2. The molecule has 0 unspecified atom stereocenters. The summed E-state index contributed by atoms with van der Waals surface area (Å²) in [7, 11) is 0. The minimum absolute atomic E-state index is 0.0160. The third-order valence-electron chi connectivity index (χ3n) is 3.46. The molecule has 3 aromatic rings. The monoisotopic (exact) mass is 440 g/mol. The Kier molecular flexibility index (Phi) is 5.92. The van der Waals surface area contributed by atoms with Gasteiger partial charge in [0, 0.05) is 16.3 Å². The lowest BCUT2D eigenvalue weighted by molar-refractivity contribution is 0.0951. The number of anilines is 1. The Balaban J connectivity index is 1.67. The summed E-state index contributed by atoms with van der Waals surface area (Å²) in [5.74, 6) is -0.147. The topological polar surface area (TPSA) is 74.5 Å². The Labute approximate surface area is 174 Å². The van der Waals surface area contributed by atoms with Gasteiger partial charge >= 0.3 is 0 Å². The fourth-order valence-electron chi connectivity index (χ4n) is 2.19. The Bertz CT molecular complexity index is 996. The van der Waals surface area contributed by atoms with Crippen LogP contribution < -0.4 is 10.6 Å². The number of hydrogen-bond acceptors (Lipinski definition) is 4. The Hall–Kier alpha value is -2.25. The van der Waals surface area contributed by atoms with Gasteiger partial charge in [-0.2, -0.15) is 0 Å². The molecule has 1 aromatic heterocycles. The van der Waals surface area contributed by atoms with Gasteiger partial charge in [-0.3, -0.25) is 10.1 Å². The van der Waals surface area contributed by atoms with E-state index in [1.165, 1.54) is 18.2 Å². The molecule has 0 aliphatic rings. The van der Waals surface area contributed by atoms with Crippen LogP contribution in [0, 0.1) is 0 Å². The molecule has 3 N–H and O–H groups in total. The van der Waals surface area contributed by atoms with E-state index in [4.69, 9.17) is 51.4 Å². The lowest BCUT2D eigenvalue weighted by Gasteiger charge is -2.10. The minimum atomic E-state index is -0.524. The number of thiocarbonyl (C=S) groups is 1. The predicted octanol–water partition coefficient (Wildman–Crippen LogP) is 5.74. The van der Waals surface area contributed by atoms with E-state index in [1.807, 2.05) is 0 Å². The second-order valence-corrected chi connectivity index (χ2v) is 7.03. The highest BCUT2D eigenvalue weighted by molar-refractivity contribution is 7.80. The summed E-state index contributed by atoms with van der Waals surface area (Å²) in [5, 5.41) is 15.5. The van der Waals surface area contributed by atoms with Crippen LogP contribution >= 0.6 is 47.0 Å². The first-order valence-electron chi connectivity index (χ1n) is 7.49. The highest BCUT2D eigenvalue weighted by atomic mass is 35.5. The average molecular weight is 442 g/mol. The van der Waals surface area contributed by atoms with Crippen LogP contribution in [0.2, 0.25) is 15.1 Å². The van der Waals surface area contributed by atoms with E-state index in [0.29, 0.717) is 16.5 Å². The van der Waals surface area contributed by atoms with Crippen molar-refractivity contribution < 1.29 is 14.3 Å². The standard InChI is InChI=1S/C18H11Cl3N2O3S/c19-10-3-1-9(2-4-10)14-5-6-15(26-14)17(25)23-18(27)22-11-7-12(20)16(24)13(21)8-11/h1-8,24H,(H2,22,23,25,27). The molecule has 0 aliphatic heterocycles. The van der Waals surface area contributed by atoms with Gasteiger partial charge in [0.15, 0.2) is 16.6 Å². The highest BCUT2D eigenvalue weighted by Gasteiger charge is 2.14. The molecule has 3 rings (SSSR count). The highest BCUT2D eigenvalue weighted by Crippen LogP contribution is 2.34. The summed E-state index contributed by atoms with van der Waals surface area (Å²) in [6, 6.07) is 13.1. The van der Waals surface area contributed by atoms with Gasteiger partial charge in [0.1, 0.15) is 5.76 Å². The van der Waals surface area contributed by atoms with Crippen LogP contribution in [0.25, 0.3) is 11.3 Å². The first-order chi connectivity index (χ1) is 12.8. The fourth-order valence-corrected chi connectivity index (χ4v) is 3.02. The number of furan rings is 1. The number of halogens is 3. The molecule has 9 heteroatoms. The third kappa shape index (κ3) is 4.73. The number of rotatable bonds is 3. The van der Waals surface area contributed by atoms with Crippen molar-refractivity contribution in [3.63, 3.8) is 0 Å². The van der Waals surface area contributed by atoms with Crippen LogP contribution in [-0.4, -0.2) is 16.1 Å². The Morgan fingerprint density at radius 2 is 1.63 bits per heavy atom. The maximum Gasteiger partial charge on any atom is 0.293 e. The van der Waals surface area contributed by atoms with Crippen molar-refractivity contribution in [3.05, 3.63) is 69.4 Å². The largest absolute Gasteiger partial charge is 0.505 e. The number of phenolic OH excluding ortho intramolecular Hbond substituents is 1. The van der Waals surface area contributed by atoms with E-state index < -0.39 is 5.91 Å². The molecule has 0 saturated heterocycles. The van der Waals surface area contributed by atoms with Crippen LogP contribution in [0.3, 0.4) is 0 Å². The van der Waals surface area contributed by atoms with Crippen molar-refractivity contribution >= 4 is 63.7 Å². The number of phenols is 1. The molecule has 2 aromatic carbocycles. The normalized spacial score (nSPS) is 10.5. The van der Waals surface area contributed by atoms with Gasteiger partial charge in [-0.05, 0) is 60.7 Å². The SMILES string of the molecule is O=C(NC(=S)Nc1cc(Cl)c(O)c(Cl)c1)c1ccc(-c2ccc(Cl)cc2)o1. The van der Waals surface area contributed by atoms with E-state index in [-0.39, 0.29) is 26.7 Å². The van der Waals surface area contributed by atoms with Crippen LogP contribution in [-0.2, 0) is 0 Å². The van der Waals surface area contributed by atoms with Gasteiger partial charge in [-0.15, -0.1) is 0 Å². The van der Waals surface area contributed by atoms with Crippen molar-refractivity contribution in [2.75, 3.05) is 5.32 Å². The molecule has 0 spiro atoms. The molecule has 27 heavy (non-hydrogen) atoms. The summed E-state index contributed by atoms with van der Waals surface area (Å²) in [5.41, 5.74) is 1.20. The van der Waals surface area contributed by atoms with Crippen LogP contribution in [0.15, 0.2) is 52.9 Å². The maximum absolute atomic E-state index is 12.3. The first-order valence-corrected chi connectivity index (χ1v) is 9.04. The van der Waals surface area contributed by atoms with Gasteiger partial charge in [0.2, 0.25) is 0 Å². The van der Waals surface area contributed by atoms with Gasteiger partial charge in [-0.25, -0.2) is 0 Å². The van der Waals surface area contributed by atoms with Crippen LogP contribution in [0.5, 0.6) is 5.75 Å². The number of benzene rings is 2. The summed E-state index contributed by atoms with van der Waals surface area (Å²) in [4.78, 5) is 12.3. The second kappa shape index (κ2) is 8.19. The Morgan fingerprint density at radius 1 is 1.00 bits per heavy atom. The summed E-state index contributed by atoms with van der Waals surface area (Å²) in [6.07, 6.45) is 0. The van der Waals surface area contributed by atoms with Crippen LogP contribution in [0.1, 0.15) is 10.6 Å². The zero-order chi connectivity index (χ0) is 19.6. The van der Waals surface area contributed by atoms with Crippen molar-refractivity contribution in [1.82, 2.24) is 5.32 Å². The number of aromatic hydroxyl groups is 1. The van der Waals surface area contributed by atoms with Crippen molar-refractivity contribution in [1.29, 1.82) is 0 Å². The van der Waals surface area contributed by atoms with Crippen molar-refractivity contribution in [2.45, 2.75) is 0 Å². The van der Waals surface area contributed by atoms with E-state index in [1.54, 1.807) is 30.3 Å². The third-order valence-corrected chi connectivity index (χ3v) is 4.49. The van der Waals surface area contributed by atoms with Gasteiger partial charge in [-0.1, -0.05) is 34.8 Å². The van der Waals surface area contributed by atoms with Crippen LogP contribution in [0.4, 0.5) is 5.69 Å². The van der Waals surface area contributed by atoms with E-state index >= 15 is 0 Å². The zero-order valence-corrected chi connectivity index (χ0v) is 16.5. The smallest absolute Gasteiger partial charge is 0.293 e. The molecule has 0 bridgehead atoms. The number of hydrogen-bond donors (Lipinski definition) is 3. The van der Waals surface area contributed by atoms with E-state index in [0.717, 1.165) is 5.56 Å². The molecule has 138 valence electrons. The lowest BCUT2D eigenvalue weighted by Crippen LogP contribution is -2.33. The zero-order valence-electron chi connectivity index (χ0n) is 13.4. The minimum Gasteiger partial charge on any atom is -0.505 e. The van der Waals surface area contributed by atoms with Gasteiger partial charge < -0.3 is 14.8 Å². The quantitative estimate of drug-likeness (QED) is 0.357. The number of amides is 1. The molecular formula is C18H11Cl3N2O3S. The molecule has 0 fully saturated rings. The lowest BCUT2D eigenvalue weighted by atomic mass is 10.2. The predicted molar refractivity (Wildman–Crippen MR) is 111 cm³/mol. The average Bonchev–Trinajstić information content (AvgIpc) is 3.10. The number of carbonyl (C=O) groups excluding carboxylic acids is 1.